The van der Waals surface area contributed by atoms with Crippen molar-refractivity contribution in [1.82, 2.24) is 4.90 Å². The topological polar surface area (TPSA) is 55.8 Å². The van der Waals surface area contributed by atoms with E-state index in [4.69, 9.17) is 21.7 Å². The van der Waals surface area contributed by atoms with E-state index in [1.165, 1.54) is 18.9 Å². The second-order valence-electron chi connectivity index (χ2n) is 9.77. The SMILES string of the molecule is COc1cc(/C=C2/SC(=S)N(C(C)c3ccccc3)C2=O)ccc1OC(=O)c1ccc(C(C)(C)C)cc1. The molecule has 1 aliphatic heterocycles. The van der Waals surface area contributed by atoms with Crippen LogP contribution >= 0.6 is 24.0 Å². The normalized spacial score (nSPS) is 15.7. The predicted molar refractivity (Wildman–Crippen MR) is 153 cm³/mol. The fourth-order valence-corrected chi connectivity index (χ4v) is 5.39. The molecule has 7 heteroatoms. The number of rotatable bonds is 6. The molecule has 37 heavy (non-hydrogen) atoms. The zero-order valence-corrected chi connectivity index (χ0v) is 23.1. The number of benzene rings is 3. The standard InChI is InChI=1S/C30H29NO4S2/c1-19(21-9-7-6-8-10-21)31-27(32)26(37-29(31)36)18-20-11-16-24(25(17-20)34-5)35-28(33)22-12-14-23(15-13-22)30(2,3)4/h6-19H,1-5H3/b26-18+. The molecule has 1 heterocycles. The van der Waals surface area contributed by atoms with Crippen molar-refractivity contribution in [3.05, 3.63) is 100.0 Å². The van der Waals surface area contributed by atoms with Crippen molar-refractivity contribution < 1.29 is 19.1 Å². The molecule has 1 fully saturated rings. The molecular weight excluding hydrogens is 502 g/mol. The molecule has 0 bridgehead atoms. The highest BCUT2D eigenvalue weighted by atomic mass is 32.2. The van der Waals surface area contributed by atoms with Crippen molar-refractivity contribution in [2.45, 2.75) is 39.2 Å². The van der Waals surface area contributed by atoms with Gasteiger partial charge < -0.3 is 9.47 Å². The van der Waals surface area contributed by atoms with Crippen LogP contribution in [0.3, 0.4) is 0 Å². The summed E-state index contributed by atoms with van der Waals surface area (Å²) in [4.78, 5) is 28.1. The second kappa shape index (κ2) is 10.9. The summed E-state index contributed by atoms with van der Waals surface area (Å²) in [6.07, 6.45) is 1.77. The molecule has 1 amide bonds. The molecule has 1 unspecified atom stereocenters. The zero-order chi connectivity index (χ0) is 26.7. The van der Waals surface area contributed by atoms with Crippen LogP contribution in [0.15, 0.2) is 77.7 Å². The van der Waals surface area contributed by atoms with E-state index in [-0.39, 0.29) is 17.4 Å². The van der Waals surface area contributed by atoms with Gasteiger partial charge in [-0.05, 0) is 59.4 Å². The maximum Gasteiger partial charge on any atom is 0.343 e. The van der Waals surface area contributed by atoms with E-state index in [1.54, 1.807) is 41.3 Å². The molecule has 0 radical (unpaired) electrons. The molecule has 5 nitrogen and oxygen atoms in total. The number of carbonyl (C=O) groups is 2. The number of ether oxygens (including phenoxy) is 2. The van der Waals surface area contributed by atoms with Gasteiger partial charge in [-0.15, -0.1) is 0 Å². The lowest BCUT2D eigenvalue weighted by Crippen LogP contribution is -2.30. The first kappa shape index (κ1) is 26.6. The Balaban J connectivity index is 1.51. The van der Waals surface area contributed by atoms with E-state index >= 15 is 0 Å². The van der Waals surface area contributed by atoms with Crippen LogP contribution in [-0.4, -0.2) is 28.2 Å². The van der Waals surface area contributed by atoms with Crippen molar-refractivity contribution in [1.29, 1.82) is 0 Å². The Labute approximate surface area is 227 Å². The number of carbonyl (C=O) groups excluding carboxylic acids is 2. The van der Waals surface area contributed by atoms with Gasteiger partial charge in [0.25, 0.3) is 5.91 Å². The highest BCUT2D eigenvalue weighted by Gasteiger charge is 2.36. The summed E-state index contributed by atoms with van der Waals surface area (Å²) >= 11 is 6.79. The minimum Gasteiger partial charge on any atom is -0.493 e. The quantitative estimate of drug-likeness (QED) is 0.145. The summed E-state index contributed by atoms with van der Waals surface area (Å²) < 4.78 is 11.6. The molecule has 0 N–H and O–H groups in total. The predicted octanol–water partition coefficient (Wildman–Crippen LogP) is 7.17. The molecule has 1 atom stereocenters. The van der Waals surface area contributed by atoms with E-state index < -0.39 is 5.97 Å². The molecule has 1 aliphatic rings. The molecule has 0 spiro atoms. The lowest BCUT2D eigenvalue weighted by Gasteiger charge is -2.23. The molecule has 3 aromatic carbocycles. The minimum atomic E-state index is -0.470. The van der Waals surface area contributed by atoms with Crippen LogP contribution in [0.5, 0.6) is 11.5 Å². The average Bonchev–Trinajstić information content (AvgIpc) is 3.16. The van der Waals surface area contributed by atoms with Gasteiger partial charge in [0, 0.05) is 0 Å². The highest BCUT2D eigenvalue weighted by Crippen LogP contribution is 2.39. The van der Waals surface area contributed by atoms with E-state index in [0.29, 0.717) is 26.3 Å². The Bertz CT molecular complexity index is 1360. The number of esters is 1. The summed E-state index contributed by atoms with van der Waals surface area (Å²) in [7, 11) is 1.51. The minimum absolute atomic E-state index is 0.00462. The van der Waals surface area contributed by atoms with Gasteiger partial charge in [-0.1, -0.05) is 93.3 Å². The largest absolute Gasteiger partial charge is 0.493 e. The van der Waals surface area contributed by atoms with Gasteiger partial charge in [0.1, 0.15) is 4.32 Å². The Kier molecular flexibility index (Phi) is 7.85. The van der Waals surface area contributed by atoms with Crippen LogP contribution in [0.2, 0.25) is 0 Å². The zero-order valence-electron chi connectivity index (χ0n) is 21.5. The first-order valence-electron chi connectivity index (χ1n) is 11.9. The highest BCUT2D eigenvalue weighted by molar-refractivity contribution is 8.26. The number of thioether (sulfide) groups is 1. The van der Waals surface area contributed by atoms with Crippen molar-refractivity contribution in [3.63, 3.8) is 0 Å². The van der Waals surface area contributed by atoms with Crippen LogP contribution in [-0.2, 0) is 10.2 Å². The van der Waals surface area contributed by atoms with Gasteiger partial charge in [-0.25, -0.2) is 4.79 Å². The van der Waals surface area contributed by atoms with Crippen LogP contribution in [0.1, 0.15) is 60.8 Å². The number of amides is 1. The maximum absolute atomic E-state index is 13.2. The Morgan fingerprint density at radius 2 is 1.68 bits per heavy atom. The summed E-state index contributed by atoms with van der Waals surface area (Å²) in [5, 5.41) is 0. The van der Waals surface area contributed by atoms with Crippen molar-refractivity contribution in [3.8, 4) is 11.5 Å². The van der Waals surface area contributed by atoms with Gasteiger partial charge in [0.05, 0.1) is 23.6 Å². The molecular formula is C30H29NO4S2. The van der Waals surface area contributed by atoms with E-state index in [9.17, 15) is 9.59 Å². The van der Waals surface area contributed by atoms with Gasteiger partial charge in [-0.3, -0.25) is 9.69 Å². The Hall–Kier alpha value is -3.42. The van der Waals surface area contributed by atoms with Crippen LogP contribution < -0.4 is 9.47 Å². The lowest BCUT2D eigenvalue weighted by molar-refractivity contribution is -0.123. The maximum atomic E-state index is 13.2. The van der Waals surface area contributed by atoms with Crippen LogP contribution in [0.4, 0.5) is 0 Å². The van der Waals surface area contributed by atoms with Gasteiger partial charge in [-0.2, -0.15) is 0 Å². The molecule has 190 valence electrons. The third-order valence-corrected chi connectivity index (χ3v) is 7.50. The number of thiocarbonyl (C=S) groups is 1. The smallest absolute Gasteiger partial charge is 0.343 e. The first-order chi connectivity index (χ1) is 17.6. The monoisotopic (exact) mass is 531 g/mol. The lowest BCUT2D eigenvalue weighted by atomic mass is 9.87. The summed E-state index contributed by atoms with van der Waals surface area (Å²) in [6.45, 7) is 8.32. The van der Waals surface area contributed by atoms with Crippen molar-refractivity contribution >= 4 is 46.3 Å². The summed E-state index contributed by atoms with van der Waals surface area (Å²) in [5.41, 5.74) is 3.33. The number of methoxy groups -OCH3 is 1. The number of hydrogen-bond donors (Lipinski definition) is 0. The molecule has 0 aliphatic carbocycles. The molecule has 0 saturated carbocycles. The van der Waals surface area contributed by atoms with E-state index in [2.05, 4.69) is 20.8 Å². The summed E-state index contributed by atoms with van der Waals surface area (Å²) in [6, 6.07) is 22.2. The third kappa shape index (κ3) is 5.95. The fourth-order valence-electron chi connectivity index (χ4n) is 3.97. The van der Waals surface area contributed by atoms with Crippen molar-refractivity contribution in [2.24, 2.45) is 0 Å². The summed E-state index contributed by atoms with van der Waals surface area (Å²) in [5.74, 6) is 0.0816. The fraction of sp³-hybridized carbons (Fsp3) is 0.233. The average molecular weight is 532 g/mol. The number of nitrogens with zero attached hydrogens (tertiary/aromatic N) is 1. The van der Waals surface area contributed by atoms with E-state index in [1.807, 2.05) is 49.4 Å². The van der Waals surface area contributed by atoms with E-state index in [0.717, 1.165) is 16.7 Å². The molecule has 0 aromatic heterocycles. The molecule has 3 aromatic rings. The second-order valence-corrected chi connectivity index (χ2v) is 11.4. The van der Waals surface area contributed by atoms with Crippen LogP contribution in [0.25, 0.3) is 6.08 Å². The van der Waals surface area contributed by atoms with Gasteiger partial charge in [0.15, 0.2) is 11.5 Å². The Morgan fingerprint density at radius 3 is 2.30 bits per heavy atom. The van der Waals surface area contributed by atoms with Crippen molar-refractivity contribution in [2.75, 3.05) is 7.11 Å². The Morgan fingerprint density at radius 1 is 1.00 bits per heavy atom. The first-order valence-corrected chi connectivity index (χ1v) is 13.1. The van der Waals surface area contributed by atoms with Crippen LogP contribution in [0, 0.1) is 0 Å². The third-order valence-electron chi connectivity index (χ3n) is 6.17. The van der Waals surface area contributed by atoms with Gasteiger partial charge in [0.2, 0.25) is 0 Å². The number of hydrogen-bond acceptors (Lipinski definition) is 6. The molecule has 1 saturated heterocycles. The van der Waals surface area contributed by atoms with Gasteiger partial charge >= 0.3 is 5.97 Å². The molecule has 4 rings (SSSR count).